The molecule has 0 saturated carbocycles. The zero-order chi connectivity index (χ0) is 16.6. The van der Waals surface area contributed by atoms with E-state index in [1.165, 1.54) is 0 Å². The fourth-order valence-electron chi connectivity index (χ4n) is 2.95. The van der Waals surface area contributed by atoms with Crippen molar-refractivity contribution >= 4 is 34.4 Å². The number of nitrogens with one attached hydrogen (secondary N) is 1. The molecule has 6 nitrogen and oxygen atoms in total. The van der Waals surface area contributed by atoms with Crippen molar-refractivity contribution < 1.29 is 19.4 Å². The van der Waals surface area contributed by atoms with Crippen molar-refractivity contribution in [3.63, 3.8) is 0 Å². The predicted molar refractivity (Wildman–Crippen MR) is 85.9 cm³/mol. The van der Waals surface area contributed by atoms with Gasteiger partial charge in [-0.25, -0.2) is 0 Å². The van der Waals surface area contributed by atoms with Crippen molar-refractivity contribution in [1.82, 2.24) is 9.88 Å². The van der Waals surface area contributed by atoms with Crippen LogP contribution in [-0.4, -0.2) is 52.7 Å². The Morgan fingerprint density at radius 1 is 1.48 bits per heavy atom. The molecule has 1 aromatic heterocycles. The topological polar surface area (TPSA) is 82.6 Å². The molecule has 1 amide bonds. The summed E-state index contributed by atoms with van der Waals surface area (Å²) in [6.07, 6.45) is -0.582. The molecule has 2 heterocycles. The van der Waals surface area contributed by atoms with Gasteiger partial charge in [-0.2, -0.15) is 0 Å². The number of morpholine rings is 1. The molecule has 3 rings (SSSR count). The molecule has 23 heavy (non-hydrogen) atoms. The molecule has 1 fully saturated rings. The number of hydrogen-bond donors (Lipinski definition) is 2. The smallest absolute Gasteiger partial charge is 0.306 e. The minimum Gasteiger partial charge on any atom is -0.481 e. The van der Waals surface area contributed by atoms with Gasteiger partial charge in [0.2, 0.25) is 0 Å². The van der Waals surface area contributed by atoms with E-state index in [0.717, 1.165) is 16.6 Å². The minimum absolute atomic E-state index is 0.109. The maximum Gasteiger partial charge on any atom is 0.306 e. The molecule has 0 aliphatic carbocycles. The second kappa shape index (κ2) is 6.22. The number of carbonyl (C=O) groups is 2. The summed E-state index contributed by atoms with van der Waals surface area (Å²) in [7, 11) is 0. The highest BCUT2D eigenvalue weighted by Gasteiger charge is 2.28. The van der Waals surface area contributed by atoms with Gasteiger partial charge in [0.1, 0.15) is 0 Å². The molecule has 1 aliphatic rings. The summed E-state index contributed by atoms with van der Waals surface area (Å²) in [4.78, 5) is 28.6. The number of amides is 1. The number of ether oxygens (including phenoxy) is 1. The van der Waals surface area contributed by atoms with E-state index < -0.39 is 12.1 Å². The van der Waals surface area contributed by atoms with Gasteiger partial charge in [0.05, 0.1) is 24.7 Å². The number of carbonyl (C=O) groups excluding carboxylic acids is 1. The van der Waals surface area contributed by atoms with E-state index in [2.05, 4.69) is 4.98 Å². The Kier molecular flexibility index (Phi) is 4.28. The Hall–Kier alpha value is -2.05. The lowest BCUT2D eigenvalue weighted by molar-refractivity contribution is -0.141. The third-order valence-electron chi connectivity index (χ3n) is 3.99. The fourth-order valence-corrected chi connectivity index (χ4v) is 3.13. The summed E-state index contributed by atoms with van der Waals surface area (Å²) >= 11 is 6.05. The Morgan fingerprint density at radius 3 is 3.00 bits per heavy atom. The molecule has 0 spiro atoms. The highest BCUT2D eigenvalue weighted by molar-refractivity contribution is 6.31. The van der Waals surface area contributed by atoms with Crippen molar-refractivity contribution in [3.05, 3.63) is 34.5 Å². The van der Waals surface area contributed by atoms with Crippen LogP contribution in [0.3, 0.4) is 0 Å². The van der Waals surface area contributed by atoms with Crippen molar-refractivity contribution in [2.45, 2.75) is 19.4 Å². The normalized spacial score (nSPS) is 18.3. The molecule has 122 valence electrons. The molecule has 1 atom stereocenters. The van der Waals surface area contributed by atoms with E-state index in [1.54, 1.807) is 17.0 Å². The molecule has 1 unspecified atom stereocenters. The number of hydrogen-bond acceptors (Lipinski definition) is 3. The summed E-state index contributed by atoms with van der Waals surface area (Å²) in [5.41, 5.74) is 2.21. The molecular weight excluding hydrogens is 320 g/mol. The Labute approximate surface area is 138 Å². The Bertz CT molecular complexity index is 771. The molecule has 0 bridgehead atoms. The number of benzene rings is 1. The number of H-pyrrole nitrogens is 1. The standard InChI is InChI=1S/C16H17ClN2O4/c1-9-15(12-6-10(17)2-3-13(12)18-9)16(22)19-4-5-23-11(8-19)7-14(20)21/h2-3,6,11,18H,4-5,7-8H2,1H3,(H,20,21). The quantitative estimate of drug-likeness (QED) is 0.902. The first-order valence-corrected chi connectivity index (χ1v) is 7.74. The molecule has 7 heteroatoms. The number of aryl methyl sites for hydroxylation is 1. The van der Waals surface area contributed by atoms with Crippen LogP contribution >= 0.6 is 11.6 Å². The second-order valence-electron chi connectivity index (χ2n) is 5.66. The van der Waals surface area contributed by atoms with Crippen molar-refractivity contribution in [2.75, 3.05) is 19.7 Å². The maximum absolute atomic E-state index is 12.9. The lowest BCUT2D eigenvalue weighted by atomic mass is 10.1. The van der Waals surface area contributed by atoms with E-state index in [9.17, 15) is 9.59 Å². The molecule has 1 aromatic carbocycles. The lowest BCUT2D eigenvalue weighted by Gasteiger charge is -2.32. The lowest BCUT2D eigenvalue weighted by Crippen LogP contribution is -2.46. The number of aliphatic carboxylic acids is 1. The van der Waals surface area contributed by atoms with Crippen molar-refractivity contribution in [2.24, 2.45) is 0 Å². The van der Waals surface area contributed by atoms with Crippen LogP contribution in [0, 0.1) is 6.92 Å². The maximum atomic E-state index is 12.9. The first kappa shape index (κ1) is 15.8. The van der Waals surface area contributed by atoms with E-state index >= 15 is 0 Å². The van der Waals surface area contributed by atoms with Gasteiger partial charge in [0.25, 0.3) is 5.91 Å². The van der Waals surface area contributed by atoms with Crippen LogP contribution in [0.1, 0.15) is 22.5 Å². The third-order valence-corrected chi connectivity index (χ3v) is 4.23. The Morgan fingerprint density at radius 2 is 2.26 bits per heavy atom. The summed E-state index contributed by atoms with van der Waals surface area (Å²) in [5.74, 6) is -1.06. The zero-order valence-electron chi connectivity index (χ0n) is 12.6. The van der Waals surface area contributed by atoms with Gasteiger partial charge in [-0.05, 0) is 25.1 Å². The number of fused-ring (bicyclic) bond motifs is 1. The highest BCUT2D eigenvalue weighted by atomic mass is 35.5. The number of rotatable bonds is 3. The van der Waals surface area contributed by atoms with Crippen LogP contribution in [0.5, 0.6) is 0 Å². The first-order valence-electron chi connectivity index (χ1n) is 7.36. The number of aromatic amines is 1. The van der Waals surface area contributed by atoms with Gasteiger partial charge in [0, 0.05) is 34.7 Å². The van der Waals surface area contributed by atoms with Gasteiger partial charge in [0.15, 0.2) is 0 Å². The number of nitrogens with zero attached hydrogens (tertiary/aromatic N) is 1. The van der Waals surface area contributed by atoms with E-state index in [0.29, 0.717) is 23.7 Å². The van der Waals surface area contributed by atoms with Crippen molar-refractivity contribution in [1.29, 1.82) is 0 Å². The summed E-state index contributed by atoms with van der Waals surface area (Å²) in [6, 6.07) is 5.38. The van der Waals surface area contributed by atoms with Gasteiger partial charge in [-0.15, -0.1) is 0 Å². The molecule has 2 N–H and O–H groups in total. The summed E-state index contributed by atoms with van der Waals surface area (Å²) < 4.78 is 5.42. The van der Waals surface area contributed by atoms with E-state index in [1.807, 2.05) is 13.0 Å². The van der Waals surface area contributed by atoms with Crippen LogP contribution in [0.2, 0.25) is 5.02 Å². The number of carboxylic acids is 1. The zero-order valence-corrected chi connectivity index (χ0v) is 13.4. The highest BCUT2D eigenvalue weighted by Crippen LogP contribution is 2.27. The molecule has 2 aromatic rings. The third kappa shape index (κ3) is 3.18. The van der Waals surface area contributed by atoms with Gasteiger partial charge in [-0.1, -0.05) is 11.6 Å². The molecule has 1 saturated heterocycles. The summed E-state index contributed by atoms with van der Waals surface area (Å²) in [6.45, 7) is 2.90. The molecular formula is C16H17ClN2O4. The van der Waals surface area contributed by atoms with Gasteiger partial charge >= 0.3 is 5.97 Å². The largest absolute Gasteiger partial charge is 0.481 e. The average Bonchev–Trinajstić information content (AvgIpc) is 2.81. The fraction of sp³-hybridized carbons (Fsp3) is 0.375. The Balaban J connectivity index is 1.89. The number of aromatic nitrogens is 1. The van der Waals surface area contributed by atoms with E-state index in [-0.39, 0.29) is 18.9 Å². The van der Waals surface area contributed by atoms with E-state index in [4.69, 9.17) is 21.4 Å². The SMILES string of the molecule is Cc1[nH]c2ccc(Cl)cc2c1C(=O)N1CCOC(CC(=O)O)C1. The van der Waals surface area contributed by atoms with Gasteiger partial charge < -0.3 is 19.7 Å². The van der Waals surface area contributed by atoms with Crippen molar-refractivity contribution in [3.8, 4) is 0 Å². The number of halogens is 1. The summed E-state index contributed by atoms with van der Waals surface area (Å²) in [5, 5.41) is 10.2. The first-order chi connectivity index (χ1) is 11.0. The van der Waals surface area contributed by atoms with Crippen LogP contribution in [0.15, 0.2) is 18.2 Å². The van der Waals surface area contributed by atoms with Crippen LogP contribution in [0.4, 0.5) is 0 Å². The molecule has 0 radical (unpaired) electrons. The predicted octanol–water partition coefficient (Wildman–Crippen LogP) is 2.45. The van der Waals surface area contributed by atoms with Crippen LogP contribution in [-0.2, 0) is 9.53 Å². The average molecular weight is 337 g/mol. The van der Waals surface area contributed by atoms with Gasteiger partial charge in [-0.3, -0.25) is 9.59 Å². The van der Waals surface area contributed by atoms with Crippen LogP contribution in [0.25, 0.3) is 10.9 Å². The number of carboxylic acid groups (broad SMARTS) is 1. The molecule has 1 aliphatic heterocycles. The monoisotopic (exact) mass is 336 g/mol. The minimum atomic E-state index is -0.931. The van der Waals surface area contributed by atoms with Crippen LogP contribution < -0.4 is 0 Å². The second-order valence-corrected chi connectivity index (χ2v) is 6.09.